The van der Waals surface area contributed by atoms with Crippen LogP contribution in [0.2, 0.25) is 0 Å². The minimum atomic E-state index is 0.335. The van der Waals surface area contributed by atoms with E-state index in [2.05, 4.69) is 23.2 Å². The van der Waals surface area contributed by atoms with E-state index in [9.17, 15) is 0 Å². The topological polar surface area (TPSA) is 41.8 Å². The maximum absolute atomic E-state index is 5.91. The first kappa shape index (κ1) is 7.15. The highest BCUT2D eigenvalue weighted by Gasteiger charge is 2.18. The fraction of sp³-hybridized carbons (Fsp3) is 0.273. The van der Waals surface area contributed by atoms with Crippen molar-refractivity contribution in [2.75, 3.05) is 0 Å². The molecule has 0 aliphatic heterocycles. The summed E-state index contributed by atoms with van der Waals surface area (Å²) in [6, 6.07) is 6.94. The number of nitrogens with one attached hydrogen (secondary N) is 1. The summed E-state index contributed by atoms with van der Waals surface area (Å²) in [5, 5.41) is 1.30. The summed E-state index contributed by atoms with van der Waals surface area (Å²) in [7, 11) is 0. The van der Waals surface area contributed by atoms with Gasteiger partial charge in [0.05, 0.1) is 0 Å². The van der Waals surface area contributed by atoms with E-state index in [0.717, 1.165) is 12.8 Å². The molecule has 3 N–H and O–H groups in total. The molecule has 66 valence electrons. The Labute approximate surface area is 76.8 Å². The third-order valence-electron chi connectivity index (χ3n) is 2.84. The summed E-state index contributed by atoms with van der Waals surface area (Å²) in [5.74, 6) is 0. The summed E-state index contributed by atoms with van der Waals surface area (Å²) in [4.78, 5) is 3.22. The van der Waals surface area contributed by atoms with E-state index in [1.807, 2.05) is 6.20 Å². The van der Waals surface area contributed by atoms with Gasteiger partial charge in [0.2, 0.25) is 0 Å². The zero-order chi connectivity index (χ0) is 8.84. The Morgan fingerprint density at radius 1 is 1.23 bits per heavy atom. The van der Waals surface area contributed by atoms with Crippen molar-refractivity contribution in [3.8, 4) is 0 Å². The third kappa shape index (κ3) is 0.988. The number of H-pyrrole nitrogens is 1. The van der Waals surface area contributed by atoms with Crippen molar-refractivity contribution in [2.45, 2.75) is 18.9 Å². The van der Waals surface area contributed by atoms with Gasteiger partial charge < -0.3 is 10.7 Å². The second kappa shape index (κ2) is 2.36. The van der Waals surface area contributed by atoms with Crippen LogP contribution in [-0.2, 0) is 12.8 Å². The molecule has 2 heteroatoms. The van der Waals surface area contributed by atoms with Crippen LogP contribution in [0.1, 0.15) is 11.1 Å². The van der Waals surface area contributed by atoms with Gasteiger partial charge >= 0.3 is 0 Å². The van der Waals surface area contributed by atoms with E-state index < -0.39 is 0 Å². The molecule has 1 unspecified atom stereocenters. The number of fused-ring (bicyclic) bond motifs is 2. The summed E-state index contributed by atoms with van der Waals surface area (Å²) in [5.41, 5.74) is 9.98. The van der Waals surface area contributed by atoms with E-state index in [1.54, 1.807) is 0 Å². The molecule has 0 bridgehead atoms. The zero-order valence-corrected chi connectivity index (χ0v) is 7.38. The maximum atomic E-state index is 5.91. The molecule has 0 radical (unpaired) electrons. The monoisotopic (exact) mass is 172 g/mol. The summed E-state index contributed by atoms with van der Waals surface area (Å²) >= 11 is 0. The quantitative estimate of drug-likeness (QED) is 0.622. The Morgan fingerprint density at radius 3 is 2.85 bits per heavy atom. The van der Waals surface area contributed by atoms with Crippen LogP contribution in [0.25, 0.3) is 10.9 Å². The molecule has 2 nitrogen and oxygen atoms in total. The van der Waals surface area contributed by atoms with Gasteiger partial charge in [-0.1, -0.05) is 0 Å². The zero-order valence-electron chi connectivity index (χ0n) is 7.38. The minimum Gasteiger partial charge on any atom is -0.361 e. The van der Waals surface area contributed by atoms with E-state index in [-0.39, 0.29) is 0 Å². The lowest BCUT2D eigenvalue weighted by molar-refractivity contribution is 0.721. The SMILES string of the molecule is NC1Cc2cc3cc[nH]c3cc2C1. The molecule has 1 aromatic heterocycles. The average molecular weight is 172 g/mol. The lowest BCUT2D eigenvalue weighted by Gasteiger charge is -1.97. The van der Waals surface area contributed by atoms with Gasteiger partial charge in [0.15, 0.2) is 0 Å². The van der Waals surface area contributed by atoms with Crippen molar-refractivity contribution in [3.63, 3.8) is 0 Å². The third-order valence-corrected chi connectivity index (χ3v) is 2.84. The van der Waals surface area contributed by atoms with Crippen LogP contribution in [0.3, 0.4) is 0 Å². The molecule has 1 atom stereocenters. The van der Waals surface area contributed by atoms with Gasteiger partial charge in [0.25, 0.3) is 0 Å². The fourth-order valence-electron chi connectivity index (χ4n) is 2.21. The van der Waals surface area contributed by atoms with Gasteiger partial charge in [-0.3, -0.25) is 0 Å². The first-order chi connectivity index (χ1) is 6.33. The Hall–Kier alpha value is -1.28. The van der Waals surface area contributed by atoms with Crippen molar-refractivity contribution < 1.29 is 0 Å². The number of nitrogens with two attached hydrogens (primary N) is 1. The average Bonchev–Trinajstić information content (AvgIpc) is 2.63. The molecule has 1 heterocycles. The second-order valence-electron chi connectivity index (χ2n) is 3.85. The fourth-order valence-corrected chi connectivity index (χ4v) is 2.21. The molecule has 1 aromatic carbocycles. The van der Waals surface area contributed by atoms with Gasteiger partial charge in [-0.15, -0.1) is 0 Å². The first-order valence-electron chi connectivity index (χ1n) is 4.67. The van der Waals surface area contributed by atoms with E-state index in [1.165, 1.54) is 22.0 Å². The van der Waals surface area contributed by atoms with E-state index >= 15 is 0 Å². The molecule has 13 heavy (non-hydrogen) atoms. The lowest BCUT2D eigenvalue weighted by atomic mass is 10.1. The molecular formula is C11H12N2. The Morgan fingerprint density at radius 2 is 2.00 bits per heavy atom. The van der Waals surface area contributed by atoms with E-state index in [4.69, 9.17) is 5.73 Å². The van der Waals surface area contributed by atoms with Crippen LogP contribution in [0.15, 0.2) is 24.4 Å². The van der Waals surface area contributed by atoms with Crippen LogP contribution in [-0.4, -0.2) is 11.0 Å². The van der Waals surface area contributed by atoms with Crippen LogP contribution < -0.4 is 5.73 Å². The molecule has 0 saturated carbocycles. The smallest absolute Gasteiger partial charge is 0.0456 e. The number of rotatable bonds is 0. The predicted octanol–water partition coefficient (Wildman–Crippen LogP) is 1.59. The molecule has 0 saturated heterocycles. The molecule has 0 spiro atoms. The highest BCUT2D eigenvalue weighted by atomic mass is 14.7. The molecule has 2 aromatic rings. The Balaban J connectivity index is 2.27. The van der Waals surface area contributed by atoms with Gasteiger partial charge in [-0.2, -0.15) is 0 Å². The minimum absolute atomic E-state index is 0.335. The van der Waals surface area contributed by atoms with Crippen LogP contribution in [0.4, 0.5) is 0 Å². The van der Waals surface area contributed by atoms with Crippen molar-refractivity contribution in [2.24, 2.45) is 5.73 Å². The Bertz CT molecular complexity index is 416. The number of benzene rings is 1. The van der Waals surface area contributed by atoms with Crippen molar-refractivity contribution in [1.82, 2.24) is 4.98 Å². The maximum Gasteiger partial charge on any atom is 0.0456 e. The van der Waals surface area contributed by atoms with Gasteiger partial charge in [-0.05, 0) is 47.6 Å². The molecule has 1 aliphatic carbocycles. The van der Waals surface area contributed by atoms with Crippen LogP contribution >= 0.6 is 0 Å². The van der Waals surface area contributed by atoms with Crippen LogP contribution in [0, 0.1) is 0 Å². The standard InChI is InChI=1S/C11H12N2/c12-10-4-8-3-7-1-2-13-11(7)6-9(8)5-10/h1-3,6,10,13H,4-5,12H2. The highest BCUT2D eigenvalue weighted by Crippen LogP contribution is 2.26. The molecule has 3 rings (SSSR count). The highest BCUT2D eigenvalue weighted by molar-refractivity contribution is 5.81. The van der Waals surface area contributed by atoms with Gasteiger partial charge in [0.1, 0.15) is 0 Å². The van der Waals surface area contributed by atoms with Crippen molar-refractivity contribution in [3.05, 3.63) is 35.5 Å². The largest absolute Gasteiger partial charge is 0.361 e. The second-order valence-corrected chi connectivity index (χ2v) is 3.85. The molecular weight excluding hydrogens is 160 g/mol. The summed E-state index contributed by atoms with van der Waals surface area (Å²) in [6.07, 6.45) is 4.06. The summed E-state index contributed by atoms with van der Waals surface area (Å²) < 4.78 is 0. The molecule has 1 aliphatic rings. The Kier molecular flexibility index (Phi) is 1.30. The molecule has 0 fully saturated rings. The molecule has 0 amide bonds. The summed E-state index contributed by atoms with van der Waals surface area (Å²) in [6.45, 7) is 0. The number of aromatic amines is 1. The van der Waals surface area contributed by atoms with Gasteiger partial charge in [-0.25, -0.2) is 0 Å². The number of hydrogen-bond acceptors (Lipinski definition) is 1. The normalized spacial score (nSPS) is 20.8. The first-order valence-corrected chi connectivity index (χ1v) is 4.67. The van der Waals surface area contributed by atoms with Crippen LogP contribution in [0.5, 0.6) is 0 Å². The number of hydrogen-bond donors (Lipinski definition) is 2. The predicted molar refractivity (Wildman–Crippen MR) is 53.7 cm³/mol. The van der Waals surface area contributed by atoms with E-state index in [0.29, 0.717) is 6.04 Å². The number of aromatic nitrogens is 1. The lowest BCUT2D eigenvalue weighted by Crippen LogP contribution is -2.18. The van der Waals surface area contributed by atoms with Crippen molar-refractivity contribution >= 4 is 10.9 Å². The van der Waals surface area contributed by atoms with Crippen molar-refractivity contribution in [1.29, 1.82) is 0 Å². The van der Waals surface area contributed by atoms with Gasteiger partial charge in [0, 0.05) is 17.8 Å².